The van der Waals surface area contributed by atoms with Gasteiger partial charge in [0.1, 0.15) is 5.60 Å². The van der Waals surface area contributed by atoms with E-state index in [1.165, 1.54) is 44.9 Å². The number of carbonyl (C=O) groups is 1. The molecule has 96 valence electrons. The van der Waals surface area contributed by atoms with Crippen LogP contribution in [0, 0.1) is 5.41 Å². The van der Waals surface area contributed by atoms with E-state index in [-0.39, 0.29) is 17.0 Å². The number of rotatable bonds is 2. The number of hydrogen-bond donors (Lipinski definition) is 0. The predicted octanol–water partition coefficient (Wildman–Crippen LogP) is 4.00. The molecule has 2 saturated carbocycles. The van der Waals surface area contributed by atoms with E-state index in [1.807, 2.05) is 0 Å². The summed E-state index contributed by atoms with van der Waals surface area (Å²) in [7, 11) is 0. The summed E-state index contributed by atoms with van der Waals surface area (Å²) in [6.07, 6.45) is 9.77. The Morgan fingerprint density at radius 1 is 1.06 bits per heavy atom. The number of ether oxygens (including phenoxy) is 1. The molecule has 0 saturated heterocycles. The van der Waals surface area contributed by atoms with Gasteiger partial charge in [0, 0.05) is 11.0 Å². The van der Waals surface area contributed by atoms with Gasteiger partial charge in [-0.15, -0.1) is 0 Å². The minimum atomic E-state index is -0.252. The van der Waals surface area contributed by atoms with Gasteiger partial charge >= 0.3 is 5.97 Å². The second-order valence-corrected chi connectivity index (χ2v) is 6.10. The summed E-state index contributed by atoms with van der Waals surface area (Å²) in [5.41, 5.74) is 0.527. The first kappa shape index (κ1) is 12.7. The van der Waals surface area contributed by atoms with Gasteiger partial charge in [-0.1, -0.05) is 25.8 Å². The Labute approximate surface area is 104 Å². The van der Waals surface area contributed by atoms with Crippen LogP contribution in [0.3, 0.4) is 0 Å². The summed E-state index contributed by atoms with van der Waals surface area (Å²) < 4.78 is 5.84. The van der Waals surface area contributed by atoms with Gasteiger partial charge in [-0.05, 0) is 46.0 Å². The first-order valence-electron chi connectivity index (χ1n) is 6.88. The van der Waals surface area contributed by atoms with Crippen LogP contribution in [0.25, 0.3) is 0 Å². The van der Waals surface area contributed by atoms with Crippen LogP contribution in [-0.2, 0) is 9.53 Å². The minimum absolute atomic E-state index is 0.208. The average Bonchev–Trinajstić information content (AvgIpc) is 2.73. The zero-order valence-corrected chi connectivity index (χ0v) is 11.2. The van der Waals surface area contributed by atoms with Gasteiger partial charge in [-0.25, -0.2) is 4.79 Å². The van der Waals surface area contributed by atoms with E-state index >= 15 is 0 Å². The van der Waals surface area contributed by atoms with Gasteiger partial charge in [-0.3, -0.25) is 0 Å². The molecule has 1 unspecified atom stereocenters. The van der Waals surface area contributed by atoms with Crippen LogP contribution in [0.5, 0.6) is 0 Å². The Balaban J connectivity index is 2.19. The van der Waals surface area contributed by atoms with Crippen LogP contribution in [0.1, 0.15) is 65.2 Å². The molecule has 17 heavy (non-hydrogen) atoms. The van der Waals surface area contributed by atoms with E-state index in [4.69, 9.17) is 4.74 Å². The molecule has 2 rings (SSSR count). The van der Waals surface area contributed by atoms with Crippen LogP contribution in [0.15, 0.2) is 12.2 Å². The molecule has 2 heteroatoms. The fourth-order valence-electron chi connectivity index (χ4n) is 3.74. The van der Waals surface area contributed by atoms with Crippen LogP contribution in [0.2, 0.25) is 0 Å². The van der Waals surface area contributed by atoms with Gasteiger partial charge in [0.05, 0.1) is 0 Å². The summed E-state index contributed by atoms with van der Waals surface area (Å²) in [6, 6.07) is 0. The highest BCUT2D eigenvalue weighted by molar-refractivity contribution is 5.87. The third kappa shape index (κ3) is 2.14. The molecule has 0 bridgehead atoms. The highest BCUT2D eigenvalue weighted by Gasteiger charge is 2.53. The van der Waals surface area contributed by atoms with Gasteiger partial charge in [-0.2, -0.15) is 0 Å². The van der Waals surface area contributed by atoms with E-state index in [0.717, 1.165) is 6.42 Å². The molecular weight excluding hydrogens is 212 g/mol. The smallest absolute Gasteiger partial charge is 0.333 e. The zero-order valence-electron chi connectivity index (χ0n) is 11.2. The highest BCUT2D eigenvalue weighted by Crippen LogP contribution is 2.56. The maximum Gasteiger partial charge on any atom is 0.333 e. The van der Waals surface area contributed by atoms with Crippen LogP contribution in [-0.4, -0.2) is 11.6 Å². The first-order chi connectivity index (χ1) is 7.99. The molecule has 0 N–H and O–H groups in total. The minimum Gasteiger partial charge on any atom is -0.455 e. The summed E-state index contributed by atoms with van der Waals surface area (Å²) in [4.78, 5) is 11.8. The molecule has 0 aliphatic heterocycles. The van der Waals surface area contributed by atoms with Gasteiger partial charge in [0.25, 0.3) is 0 Å². The second kappa shape index (κ2) is 4.47. The summed E-state index contributed by atoms with van der Waals surface area (Å²) in [5, 5.41) is 0. The van der Waals surface area contributed by atoms with Crippen molar-refractivity contribution in [1.29, 1.82) is 0 Å². The monoisotopic (exact) mass is 236 g/mol. The van der Waals surface area contributed by atoms with Crippen molar-refractivity contribution in [3.05, 3.63) is 12.2 Å². The molecule has 2 nitrogen and oxygen atoms in total. The van der Waals surface area contributed by atoms with Crippen molar-refractivity contribution in [1.82, 2.24) is 0 Å². The van der Waals surface area contributed by atoms with Crippen LogP contribution in [0.4, 0.5) is 0 Å². The normalized spacial score (nSPS) is 31.4. The van der Waals surface area contributed by atoms with Crippen LogP contribution < -0.4 is 0 Å². The van der Waals surface area contributed by atoms with Gasteiger partial charge < -0.3 is 4.74 Å². The van der Waals surface area contributed by atoms with E-state index in [9.17, 15) is 4.79 Å². The lowest BCUT2D eigenvalue weighted by molar-refractivity contribution is -0.177. The summed E-state index contributed by atoms with van der Waals surface area (Å²) in [6.45, 7) is 7.58. The lowest BCUT2D eigenvalue weighted by Gasteiger charge is -2.49. The molecule has 1 atom stereocenters. The van der Waals surface area contributed by atoms with E-state index in [1.54, 1.807) is 6.92 Å². The molecule has 1 spiro atoms. The fraction of sp³-hybridized carbons (Fsp3) is 0.800. The average molecular weight is 236 g/mol. The molecule has 0 radical (unpaired) electrons. The summed E-state index contributed by atoms with van der Waals surface area (Å²) >= 11 is 0. The van der Waals surface area contributed by atoms with Crippen molar-refractivity contribution in [3.63, 3.8) is 0 Å². The van der Waals surface area contributed by atoms with Gasteiger partial charge in [0.15, 0.2) is 0 Å². The van der Waals surface area contributed by atoms with Crippen molar-refractivity contribution in [2.45, 2.75) is 70.8 Å². The van der Waals surface area contributed by atoms with Gasteiger partial charge in [0.2, 0.25) is 0 Å². The Morgan fingerprint density at radius 3 is 2.00 bits per heavy atom. The molecule has 2 fully saturated rings. The summed E-state index contributed by atoms with van der Waals surface area (Å²) in [5.74, 6) is -0.208. The van der Waals surface area contributed by atoms with E-state index < -0.39 is 0 Å². The quantitative estimate of drug-likeness (QED) is 0.535. The van der Waals surface area contributed by atoms with E-state index in [0.29, 0.717) is 5.57 Å². The number of hydrogen-bond acceptors (Lipinski definition) is 2. The molecule has 0 aromatic carbocycles. The Hall–Kier alpha value is -0.790. The molecule has 0 aromatic heterocycles. The molecule has 0 heterocycles. The van der Waals surface area contributed by atoms with Crippen molar-refractivity contribution >= 4 is 5.97 Å². The van der Waals surface area contributed by atoms with Crippen molar-refractivity contribution < 1.29 is 9.53 Å². The first-order valence-corrected chi connectivity index (χ1v) is 6.88. The third-order valence-electron chi connectivity index (χ3n) is 4.91. The molecule has 0 aromatic rings. The van der Waals surface area contributed by atoms with Crippen LogP contribution >= 0.6 is 0 Å². The SMILES string of the molecule is C=C(C)C(=O)OC1(C)CCCCC12CCCC2. The lowest BCUT2D eigenvalue weighted by Crippen LogP contribution is -2.50. The maximum absolute atomic E-state index is 11.8. The molecule has 0 amide bonds. The Kier molecular flexibility index (Phi) is 3.33. The predicted molar refractivity (Wildman–Crippen MR) is 68.7 cm³/mol. The molecule has 2 aliphatic carbocycles. The highest BCUT2D eigenvalue weighted by atomic mass is 16.6. The van der Waals surface area contributed by atoms with Crippen molar-refractivity contribution in [3.8, 4) is 0 Å². The Morgan fingerprint density at radius 2 is 1.53 bits per heavy atom. The standard InChI is InChI=1S/C15H24O2/c1-12(2)13(16)17-14(3)8-4-5-9-15(14)10-6-7-11-15/h1,4-11H2,2-3H3. The molecule has 2 aliphatic rings. The van der Waals surface area contributed by atoms with E-state index in [2.05, 4.69) is 13.5 Å². The van der Waals surface area contributed by atoms with Crippen molar-refractivity contribution in [2.75, 3.05) is 0 Å². The zero-order chi connectivity index (χ0) is 12.5. The topological polar surface area (TPSA) is 26.3 Å². The number of esters is 1. The molecular formula is C15H24O2. The lowest BCUT2D eigenvalue weighted by atomic mass is 9.62. The number of carbonyl (C=O) groups excluding carboxylic acids is 1. The largest absolute Gasteiger partial charge is 0.455 e. The third-order valence-corrected chi connectivity index (χ3v) is 4.91. The van der Waals surface area contributed by atoms with Crippen molar-refractivity contribution in [2.24, 2.45) is 5.41 Å². The fourth-order valence-corrected chi connectivity index (χ4v) is 3.74. The maximum atomic E-state index is 11.8. The Bertz CT molecular complexity index is 326. The second-order valence-electron chi connectivity index (χ2n) is 6.10.